The molecule has 0 saturated heterocycles. The van der Waals surface area contributed by atoms with Gasteiger partial charge in [-0.2, -0.15) is 16.8 Å². The van der Waals surface area contributed by atoms with E-state index in [1.807, 2.05) is 0 Å². The van der Waals surface area contributed by atoms with E-state index in [1.54, 1.807) is 6.07 Å². The first-order valence-electron chi connectivity index (χ1n) is 13.9. The van der Waals surface area contributed by atoms with Crippen LogP contribution < -0.4 is 18.6 Å². The smallest absolute Gasteiger partial charge is 0.378 e. The lowest BCUT2D eigenvalue weighted by Gasteiger charge is -2.17. The lowest BCUT2D eigenvalue weighted by atomic mass is 10.0. The number of hydrogen-bond donors (Lipinski definition) is 1. The van der Waals surface area contributed by atoms with Crippen molar-refractivity contribution in [1.29, 1.82) is 10.8 Å². The van der Waals surface area contributed by atoms with E-state index in [1.165, 1.54) is 60.7 Å². The predicted molar refractivity (Wildman–Crippen MR) is 170 cm³/mol. The molecule has 0 aliphatic carbocycles. The summed E-state index contributed by atoms with van der Waals surface area (Å²) in [5.74, 6) is -5.40. The maximum absolute atomic E-state index is 13.8. The van der Waals surface area contributed by atoms with Gasteiger partial charge in [-0.15, -0.1) is 0 Å². The van der Waals surface area contributed by atoms with Crippen LogP contribution in [-0.4, -0.2) is 27.7 Å². The Morgan fingerprint density at radius 1 is 0.612 bits per heavy atom. The predicted octanol–water partition coefficient (Wildman–Crippen LogP) is 5.58. The molecule has 0 spiro atoms. The van der Waals surface area contributed by atoms with Gasteiger partial charge in [-0.25, -0.2) is 0 Å². The van der Waals surface area contributed by atoms with Crippen molar-refractivity contribution >= 4 is 58.9 Å². The molecule has 0 aromatic heterocycles. The Balaban J connectivity index is 1.49. The average Bonchev–Trinajstić information content (AvgIpc) is 3.10. The number of diazo groups is 2. The van der Waals surface area contributed by atoms with Crippen molar-refractivity contribution in [1.82, 2.24) is 0 Å². The molecule has 0 heterocycles. The van der Waals surface area contributed by atoms with Gasteiger partial charge >= 0.3 is 31.6 Å². The van der Waals surface area contributed by atoms with Crippen LogP contribution in [0.3, 0.4) is 0 Å². The normalized spacial score (nSPS) is 11.5. The minimum atomic E-state index is -5.00. The highest BCUT2D eigenvalue weighted by molar-refractivity contribution is 7.87. The number of hydrogen-bond acceptors (Lipinski definition) is 12. The van der Waals surface area contributed by atoms with E-state index in [-0.39, 0.29) is 38.5 Å². The molecule has 6 aromatic rings. The number of aromatic hydroxyl groups is 1. The maximum Gasteiger partial charge on any atom is 0.378 e. The zero-order chi connectivity index (χ0) is 35.1. The van der Waals surface area contributed by atoms with Gasteiger partial charge in [0.05, 0.1) is 5.56 Å². The molecule has 0 aliphatic heterocycles. The van der Waals surface area contributed by atoms with Gasteiger partial charge in [0.25, 0.3) is 0 Å². The van der Waals surface area contributed by atoms with Gasteiger partial charge in [-0.05, 0) is 58.7 Å². The monoisotopic (exact) mass is 694 g/mol. The van der Waals surface area contributed by atoms with Crippen LogP contribution >= 0.6 is 0 Å². The number of phenols is 1. The number of benzene rings is 6. The largest absolute Gasteiger partial charge is 0.867 e. The topological polar surface area (TPSA) is 226 Å². The Labute approximate surface area is 277 Å². The average molecular weight is 695 g/mol. The first kappa shape index (κ1) is 32.2. The number of fused-ring (bicyclic) bond motifs is 2. The second-order valence-electron chi connectivity index (χ2n) is 10.3. The van der Waals surface area contributed by atoms with Crippen molar-refractivity contribution in [2.45, 2.75) is 9.79 Å². The lowest BCUT2D eigenvalue weighted by Crippen LogP contribution is -2.15. The zero-order valence-corrected chi connectivity index (χ0v) is 26.2. The van der Waals surface area contributed by atoms with Crippen LogP contribution in [0.2, 0.25) is 0 Å². The van der Waals surface area contributed by atoms with Crippen LogP contribution in [0.5, 0.6) is 28.7 Å². The summed E-state index contributed by atoms with van der Waals surface area (Å²) in [6.45, 7) is 0. The molecular weight excluding hydrogens is 677 g/mol. The van der Waals surface area contributed by atoms with Gasteiger partial charge in [-0.1, -0.05) is 54.6 Å². The van der Waals surface area contributed by atoms with E-state index in [2.05, 4.69) is 9.95 Å². The quantitative estimate of drug-likeness (QED) is 0.117. The summed E-state index contributed by atoms with van der Waals surface area (Å²) >= 11 is 0. The Hall–Kier alpha value is -6.75. The van der Waals surface area contributed by atoms with E-state index in [9.17, 15) is 36.9 Å². The summed E-state index contributed by atoms with van der Waals surface area (Å²) in [6, 6.07) is 21.2. The molecule has 0 aliphatic rings. The van der Waals surface area contributed by atoms with Crippen molar-refractivity contribution in [2.75, 3.05) is 0 Å². The van der Waals surface area contributed by atoms with Crippen LogP contribution in [0.1, 0.15) is 15.9 Å². The minimum absolute atomic E-state index is 0.0602. The molecule has 6 aromatic carbocycles. The fraction of sp³-hybridized carbons (Fsp3) is 0. The van der Waals surface area contributed by atoms with Gasteiger partial charge in [0.1, 0.15) is 9.79 Å². The molecule has 0 radical (unpaired) electrons. The van der Waals surface area contributed by atoms with E-state index < -0.39 is 70.1 Å². The van der Waals surface area contributed by atoms with Gasteiger partial charge in [0.2, 0.25) is 16.5 Å². The molecule has 16 heteroatoms. The molecule has 0 fully saturated rings. The van der Waals surface area contributed by atoms with Gasteiger partial charge in [0.15, 0.2) is 27.2 Å². The van der Waals surface area contributed by atoms with Crippen LogP contribution in [0.25, 0.3) is 31.5 Å². The molecule has 6 rings (SSSR count). The van der Waals surface area contributed by atoms with Crippen molar-refractivity contribution in [3.63, 3.8) is 0 Å². The summed E-state index contributed by atoms with van der Waals surface area (Å²) in [6.07, 6.45) is 0. The first-order valence-corrected chi connectivity index (χ1v) is 16.7. The van der Waals surface area contributed by atoms with E-state index in [4.69, 9.17) is 19.2 Å². The number of carbonyl (C=O) groups is 1. The van der Waals surface area contributed by atoms with Gasteiger partial charge in [-0.3, -0.25) is 4.79 Å². The van der Waals surface area contributed by atoms with E-state index in [0.29, 0.717) is 0 Å². The van der Waals surface area contributed by atoms with Crippen LogP contribution in [0.15, 0.2) is 113 Å². The summed E-state index contributed by atoms with van der Waals surface area (Å²) in [5, 5.41) is 54.3. The summed E-state index contributed by atoms with van der Waals surface area (Å²) in [5.41, 5.74) is -1.14. The summed E-state index contributed by atoms with van der Waals surface area (Å²) < 4.78 is 65.2. The zero-order valence-electron chi connectivity index (χ0n) is 24.5. The van der Waals surface area contributed by atoms with E-state index >= 15 is 0 Å². The van der Waals surface area contributed by atoms with Crippen LogP contribution in [-0.2, 0) is 20.2 Å². The SMILES string of the molecule is N#[N+]c1ccc2c(S(=O)(=O)Oc3ccc(C(=O)c4ccccc4)c(OS(=O)(=O)c4cccc5c([O-])c([N+]#N)ccc45)c3O)cccc2c1[O-]. The first-order chi connectivity index (χ1) is 23.4. The molecule has 49 heavy (non-hydrogen) atoms. The summed E-state index contributed by atoms with van der Waals surface area (Å²) in [4.78, 5) is 18.2. The number of rotatable bonds is 8. The fourth-order valence-corrected chi connectivity index (χ4v) is 7.44. The van der Waals surface area contributed by atoms with Crippen molar-refractivity contribution in [2.24, 2.45) is 0 Å². The van der Waals surface area contributed by atoms with Crippen molar-refractivity contribution in [3.05, 3.63) is 124 Å². The number of ketones is 1. The Kier molecular flexibility index (Phi) is 7.97. The van der Waals surface area contributed by atoms with Crippen LogP contribution in [0, 0.1) is 10.8 Å². The highest BCUT2D eigenvalue weighted by Crippen LogP contribution is 2.44. The molecule has 0 amide bonds. The molecule has 0 bridgehead atoms. The maximum atomic E-state index is 13.8. The fourth-order valence-electron chi connectivity index (χ4n) is 5.12. The highest BCUT2D eigenvalue weighted by Gasteiger charge is 2.31. The van der Waals surface area contributed by atoms with Gasteiger partial charge in [0, 0.05) is 28.5 Å². The molecular formula is C33H18N4O10S2. The van der Waals surface area contributed by atoms with Crippen molar-refractivity contribution in [3.8, 4) is 28.7 Å². The lowest BCUT2D eigenvalue weighted by molar-refractivity contribution is -0.265. The Bertz CT molecular complexity index is 2670. The number of carbonyl (C=O) groups excluding carboxylic acids is 1. The molecule has 1 N–H and O–H groups in total. The number of nitrogens with zero attached hydrogens (tertiary/aromatic N) is 4. The molecule has 14 nitrogen and oxygen atoms in total. The Morgan fingerprint density at radius 2 is 1.12 bits per heavy atom. The third-order valence-electron chi connectivity index (χ3n) is 7.42. The highest BCUT2D eigenvalue weighted by atomic mass is 32.2. The van der Waals surface area contributed by atoms with Crippen LogP contribution in [0.4, 0.5) is 11.4 Å². The van der Waals surface area contributed by atoms with E-state index in [0.717, 1.165) is 36.4 Å². The number of phenolic OH excluding ortho intramolecular Hbond substituents is 1. The second kappa shape index (κ2) is 12.1. The summed E-state index contributed by atoms with van der Waals surface area (Å²) in [7, 11) is -9.89. The molecule has 0 atom stereocenters. The second-order valence-corrected chi connectivity index (χ2v) is 13.3. The Morgan fingerprint density at radius 3 is 1.63 bits per heavy atom. The van der Waals surface area contributed by atoms with Gasteiger partial charge < -0.3 is 23.7 Å². The standard InChI is InChI=1S/C33H18N4O10S2/c34-36-24-15-12-19-21(30(24)39)8-4-10-27(19)48(42,43)46-26-17-14-23(29(38)18-6-2-1-3-7-18)33(32(26)41)47-49(44,45)28-11-5-9-22-20(28)13-16-25(37-35)31(22)40/h1-17H,(H-2,39,40,41). The molecule has 0 saturated carbocycles. The minimum Gasteiger partial charge on any atom is -0.867 e. The molecule has 242 valence electrons. The third-order valence-corrected chi connectivity index (χ3v) is 10.00. The third kappa shape index (κ3) is 5.63. The molecule has 0 unspecified atom stereocenters. The van der Waals surface area contributed by atoms with Crippen molar-refractivity contribution < 1.29 is 45.3 Å².